The van der Waals surface area contributed by atoms with Crippen LogP contribution in [0.25, 0.3) is 0 Å². The van der Waals surface area contributed by atoms with Crippen LogP contribution in [0.1, 0.15) is 30.4 Å². The maximum Gasteiger partial charge on any atom is 0.118 e. The molecule has 1 saturated heterocycles. The third-order valence-electron chi connectivity index (χ3n) is 4.09. The predicted octanol–water partition coefficient (Wildman–Crippen LogP) is 1.93. The van der Waals surface area contributed by atoms with E-state index < -0.39 is 0 Å². The zero-order chi connectivity index (χ0) is 15.2. The molecule has 0 bridgehead atoms. The molecule has 0 aromatic carbocycles. The Morgan fingerprint density at radius 3 is 2.52 bits per heavy atom. The van der Waals surface area contributed by atoms with E-state index in [9.17, 15) is 0 Å². The van der Waals surface area contributed by atoms with Crippen LogP contribution in [0.15, 0.2) is 10.5 Å². The first-order chi connectivity index (χ1) is 10.2. The second-order valence-corrected chi connectivity index (χ2v) is 5.71. The van der Waals surface area contributed by atoms with Crippen LogP contribution in [0.3, 0.4) is 0 Å². The SMILES string of the molecule is CCCNCc1cc(CN2CC(OC)C(OC)C2)oc1C. The van der Waals surface area contributed by atoms with Gasteiger partial charge in [-0.15, -0.1) is 0 Å². The first kappa shape index (κ1) is 16.5. The standard InChI is InChI=1S/C16H28N2O3/c1-5-6-17-8-13-7-14(21-12(13)2)9-18-10-15(19-3)16(11-18)20-4/h7,15-17H,5-6,8-11H2,1-4H3. The summed E-state index contributed by atoms with van der Waals surface area (Å²) < 4.78 is 16.8. The molecule has 0 amide bonds. The van der Waals surface area contributed by atoms with Crippen LogP contribution in [-0.4, -0.2) is 51.0 Å². The fraction of sp³-hybridized carbons (Fsp3) is 0.750. The van der Waals surface area contributed by atoms with E-state index in [1.807, 2.05) is 6.92 Å². The molecule has 1 aromatic rings. The Kier molecular flexibility index (Phi) is 6.23. The first-order valence-corrected chi connectivity index (χ1v) is 7.74. The number of ether oxygens (including phenoxy) is 2. The van der Waals surface area contributed by atoms with Crippen LogP contribution in [0, 0.1) is 6.92 Å². The molecular weight excluding hydrogens is 268 g/mol. The summed E-state index contributed by atoms with van der Waals surface area (Å²) in [5.41, 5.74) is 1.25. The van der Waals surface area contributed by atoms with Crippen LogP contribution >= 0.6 is 0 Å². The highest BCUT2D eigenvalue weighted by Gasteiger charge is 2.33. The second-order valence-electron chi connectivity index (χ2n) is 5.71. The van der Waals surface area contributed by atoms with Gasteiger partial charge in [0.25, 0.3) is 0 Å². The molecule has 1 N–H and O–H groups in total. The van der Waals surface area contributed by atoms with E-state index >= 15 is 0 Å². The molecule has 120 valence electrons. The number of hydrogen-bond donors (Lipinski definition) is 1. The number of nitrogens with zero attached hydrogens (tertiary/aromatic N) is 1. The van der Waals surface area contributed by atoms with Gasteiger partial charge in [-0.2, -0.15) is 0 Å². The van der Waals surface area contributed by atoms with Crippen molar-refractivity contribution in [3.63, 3.8) is 0 Å². The monoisotopic (exact) mass is 296 g/mol. The molecule has 2 unspecified atom stereocenters. The number of nitrogens with one attached hydrogen (secondary N) is 1. The van der Waals surface area contributed by atoms with Crippen molar-refractivity contribution in [2.45, 2.75) is 45.6 Å². The maximum absolute atomic E-state index is 5.88. The number of rotatable bonds is 8. The van der Waals surface area contributed by atoms with E-state index in [4.69, 9.17) is 13.9 Å². The zero-order valence-electron chi connectivity index (χ0n) is 13.6. The van der Waals surface area contributed by atoms with Crippen molar-refractivity contribution in [1.29, 1.82) is 0 Å². The maximum atomic E-state index is 5.88. The van der Waals surface area contributed by atoms with E-state index in [0.29, 0.717) is 0 Å². The van der Waals surface area contributed by atoms with E-state index in [1.165, 1.54) is 5.56 Å². The Balaban J connectivity index is 1.90. The van der Waals surface area contributed by atoms with Gasteiger partial charge in [0.15, 0.2) is 0 Å². The van der Waals surface area contributed by atoms with Crippen molar-refractivity contribution in [2.75, 3.05) is 33.9 Å². The van der Waals surface area contributed by atoms with E-state index in [-0.39, 0.29) is 12.2 Å². The Hall–Kier alpha value is -0.880. The molecule has 0 radical (unpaired) electrons. The predicted molar refractivity (Wildman–Crippen MR) is 82.3 cm³/mol. The second kappa shape index (κ2) is 7.94. The number of hydrogen-bond acceptors (Lipinski definition) is 5. The molecule has 2 heterocycles. The molecule has 1 fully saturated rings. The summed E-state index contributed by atoms with van der Waals surface area (Å²) in [5, 5.41) is 3.42. The lowest BCUT2D eigenvalue weighted by molar-refractivity contribution is -0.00461. The average Bonchev–Trinajstić information content (AvgIpc) is 3.03. The van der Waals surface area contributed by atoms with Gasteiger partial charge in [-0.25, -0.2) is 0 Å². The quantitative estimate of drug-likeness (QED) is 0.743. The molecule has 0 aliphatic carbocycles. The van der Waals surface area contributed by atoms with Crippen LogP contribution in [0.5, 0.6) is 0 Å². The van der Waals surface area contributed by atoms with Gasteiger partial charge in [-0.05, 0) is 26.0 Å². The molecule has 5 heteroatoms. The summed E-state index contributed by atoms with van der Waals surface area (Å²) >= 11 is 0. The van der Waals surface area contributed by atoms with Crippen LogP contribution in [-0.2, 0) is 22.6 Å². The van der Waals surface area contributed by atoms with Crippen molar-refractivity contribution < 1.29 is 13.9 Å². The van der Waals surface area contributed by atoms with Gasteiger partial charge in [0.1, 0.15) is 11.5 Å². The van der Waals surface area contributed by atoms with Gasteiger partial charge >= 0.3 is 0 Å². The Labute approximate surface area is 127 Å². The van der Waals surface area contributed by atoms with Gasteiger partial charge in [0.05, 0.1) is 18.8 Å². The highest BCUT2D eigenvalue weighted by molar-refractivity contribution is 5.20. The zero-order valence-corrected chi connectivity index (χ0v) is 13.6. The highest BCUT2D eigenvalue weighted by Crippen LogP contribution is 2.21. The molecular formula is C16H28N2O3. The first-order valence-electron chi connectivity index (χ1n) is 7.74. The Bertz CT molecular complexity index is 421. The lowest BCUT2D eigenvalue weighted by atomic mass is 10.2. The molecule has 0 spiro atoms. The van der Waals surface area contributed by atoms with Gasteiger partial charge in [0, 0.05) is 39.4 Å². The van der Waals surface area contributed by atoms with Crippen LogP contribution in [0.4, 0.5) is 0 Å². The fourth-order valence-corrected chi connectivity index (χ4v) is 2.86. The van der Waals surface area contributed by atoms with E-state index in [2.05, 4.69) is 23.2 Å². The van der Waals surface area contributed by atoms with Crippen molar-refractivity contribution in [3.8, 4) is 0 Å². The van der Waals surface area contributed by atoms with E-state index in [0.717, 1.165) is 50.7 Å². The van der Waals surface area contributed by atoms with Crippen molar-refractivity contribution in [3.05, 3.63) is 23.2 Å². The largest absolute Gasteiger partial charge is 0.465 e. The normalized spacial score (nSPS) is 23.0. The number of methoxy groups -OCH3 is 2. The molecule has 2 rings (SSSR count). The number of likely N-dealkylation sites (tertiary alicyclic amines) is 1. The molecule has 5 nitrogen and oxygen atoms in total. The fourth-order valence-electron chi connectivity index (χ4n) is 2.86. The Morgan fingerprint density at radius 1 is 1.29 bits per heavy atom. The van der Waals surface area contributed by atoms with Crippen molar-refractivity contribution in [2.24, 2.45) is 0 Å². The van der Waals surface area contributed by atoms with Gasteiger partial charge in [-0.3, -0.25) is 4.90 Å². The minimum atomic E-state index is 0.150. The third-order valence-corrected chi connectivity index (χ3v) is 4.09. The minimum absolute atomic E-state index is 0.150. The van der Waals surface area contributed by atoms with Gasteiger partial charge < -0.3 is 19.2 Å². The lowest BCUT2D eigenvalue weighted by Crippen LogP contribution is -2.27. The summed E-state index contributed by atoms with van der Waals surface area (Å²) in [6, 6.07) is 2.17. The summed E-state index contributed by atoms with van der Waals surface area (Å²) in [7, 11) is 3.49. The molecule has 21 heavy (non-hydrogen) atoms. The number of furan rings is 1. The summed E-state index contributed by atoms with van der Waals surface area (Å²) in [5.74, 6) is 2.03. The molecule has 1 aromatic heterocycles. The van der Waals surface area contributed by atoms with Crippen LogP contribution < -0.4 is 5.32 Å². The molecule has 1 aliphatic rings. The minimum Gasteiger partial charge on any atom is -0.465 e. The topological polar surface area (TPSA) is 46.9 Å². The summed E-state index contributed by atoms with van der Waals surface area (Å²) in [4.78, 5) is 2.32. The van der Waals surface area contributed by atoms with Gasteiger partial charge in [-0.1, -0.05) is 6.92 Å². The highest BCUT2D eigenvalue weighted by atomic mass is 16.5. The Morgan fingerprint density at radius 2 is 1.95 bits per heavy atom. The average molecular weight is 296 g/mol. The molecule has 1 aliphatic heterocycles. The third kappa shape index (κ3) is 4.30. The molecule has 0 saturated carbocycles. The van der Waals surface area contributed by atoms with Crippen LogP contribution in [0.2, 0.25) is 0 Å². The lowest BCUT2D eigenvalue weighted by Gasteiger charge is -2.13. The smallest absolute Gasteiger partial charge is 0.118 e. The van der Waals surface area contributed by atoms with Crippen molar-refractivity contribution >= 4 is 0 Å². The molecule has 2 atom stereocenters. The number of aryl methyl sites for hydroxylation is 1. The summed E-state index contributed by atoms with van der Waals surface area (Å²) in [6.45, 7) is 8.71. The van der Waals surface area contributed by atoms with Gasteiger partial charge in [0.2, 0.25) is 0 Å². The van der Waals surface area contributed by atoms with Crippen molar-refractivity contribution in [1.82, 2.24) is 10.2 Å². The summed E-state index contributed by atoms with van der Waals surface area (Å²) in [6.07, 6.45) is 1.45. The van der Waals surface area contributed by atoms with E-state index in [1.54, 1.807) is 14.2 Å².